The van der Waals surface area contributed by atoms with E-state index < -0.39 is 0 Å². The van der Waals surface area contributed by atoms with Crippen molar-refractivity contribution < 1.29 is 19.5 Å². The molecule has 0 amide bonds. The molecule has 5 nitrogen and oxygen atoms in total. The van der Waals surface area contributed by atoms with Crippen LogP contribution in [0.5, 0.6) is 0 Å². The summed E-state index contributed by atoms with van der Waals surface area (Å²) < 4.78 is 15.9. The van der Waals surface area contributed by atoms with Gasteiger partial charge in [-0.3, -0.25) is 0 Å². The molecule has 0 aliphatic carbocycles. The molecule has 5 heteroatoms. The van der Waals surface area contributed by atoms with Gasteiger partial charge in [0.25, 0.3) is 0 Å². The van der Waals surface area contributed by atoms with Gasteiger partial charge in [-0.05, 0) is 41.5 Å². The van der Waals surface area contributed by atoms with Crippen LogP contribution in [-0.2, 0) is 22.6 Å². The first-order valence-corrected chi connectivity index (χ1v) is 7.98. The van der Waals surface area contributed by atoms with E-state index >= 15 is 0 Å². The van der Waals surface area contributed by atoms with E-state index in [4.69, 9.17) is 9.47 Å². The van der Waals surface area contributed by atoms with Crippen molar-refractivity contribution in [1.29, 1.82) is 0 Å². The van der Waals surface area contributed by atoms with Crippen molar-refractivity contribution >= 4 is 0 Å². The second-order valence-electron chi connectivity index (χ2n) is 7.52. The standard InChI is InChI=1S/C17H33N2O2.H2O/c1-16(2,3)20-13-7-9-18-11-12-19(15-18)10-8-14-21-17(4,5)6;/h11-12,15H,7-10,13-14H2,1-6H3;1H2/q+1;/p-1. The first kappa shape index (κ1) is 21.1. The Labute approximate surface area is 135 Å². The van der Waals surface area contributed by atoms with Gasteiger partial charge in [-0.1, -0.05) is 0 Å². The van der Waals surface area contributed by atoms with Gasteiger partial charge >= 0.3 is 0 Å². The summed E-state index contributed by atoms with van der Waals surface area (Å²) in [6, 6.07) is 0. The van der Waals surface area contributed by atoms with Crippen LogP contribution < -0.4 is 4.57 Å². The molecule has 0 unspecified atom stereocenters. The van der Waals surface area contributed by atoms with Crippen LogP contribution in [0.15, 0.2) is 18.7 Å². The minimum absolute atomic E-state index is 0. The zero-order valence-corrected chi connectivity index (χ0v) is 15.1. The van der Waals surface area contributed by atoms with Gasteiger partial charge in [0.05, 0.1) is 37.5 Å². The van der Waals surface area contributed by atoms with Crippen molar-refractivity contribution in [1.82, 2.24) is 4.57 Å². The molecular weight excluding hydrogens is 280 g/mol. The van der Waals surface area contributed by atoms with E-state index in [-0.39, 0.29) is 16.7 Å². The Morgan fingerprint density at radius 2 is 1.45 bits per heavy atom. The predicted octanol–water partition coefficient (Wildman–Crippen LogP) is 3.01. The fourth-order valence-corrected chi connectivity index (χ4v) is 1.95. The Kier molecular flexibility index (Phi) is 8.89. The SMILES string of the molecule is CC(C)(C)OCCCn1cc[n+](CCCOC(C)(C)C)c1.[OH-]. The highest BCUT2D eigenvalue weighted by atomic mass is 16.5. The number of aromatic nitrogens is 2. The molecule has 0 radical (unpaired) electrons. The molecule has 0 atom stereocenters. The Hall–Kier alpha value is -0.910. The summed E-state index contributed by atoms with van der Waals surface area (Å²) in [4.78, 5) is 0. The third kappa shape index (κ3) is 10.8. The van der Waals surface area contributed by atoms with E-state index in [1.54, 1.807) is 0 Å². The molecule has 0 fully saturated rings. The molecule has 0 aliphatic rings. The highest BCUT2D eigenvalue weighted by Crippen LogP contribution is 2.07. The van der Waals surface area contributed by atoms with E-state index in [9.17, 15) is 0 Å². The lowest BCUT2D eigenvalue weighted by molar-refractivity contribution is -0.697. The van der Waals surface area contributed by atoms with Crippen LogP contribution in [0, 0.1) is 0 Å². The molecule has 130 valence electrons. The summed E-state index contributed by atoms with van der Waals surface area (Å²) >= 11 is 0. The molecule has 0 spiro atoms. The average Bonchev–Trinajstić information content (AvgIpc) is 2.76. The van der Waals surface area contributed by atoms with Crippen LogP contribution in [0.25, 0.3) is 0 Å². The van der Waals surface area contributed by atoms with Gasteiger partial charge in [0.15, 0.2) is 0 Å². The summed E-state index contributed by atoms with van der Waals surface area (Å²) in [6.07, 6.45) is 8.50. The molecule has 0 saturated heterocycles. The first-order valence-electron chi connectivity index (χ1n) is 7.98. The fourth-order valence-electron chi connectivity index (χ4n) is 1.95. The number of ether oxygens (including phenoxy) is 2. The Morgan fingerprint density at radius 3 is 2.00 bits per heavy atom. The maximum Gasteiger partial charge on any atom is 0.243 e. The van der Waals surface area contributed by atoms with Crippen LogP contribution >= 0.6 is 0 Å². The molecule has 1 aromatic rings. The van der Waals surface area contributed by atoms with Gasteiger partial charge in [-0.2, -0.15) is 0 Å². The number of hydrogen-bond acceptors (Lipinski definition) is 3. The Balaban J connectivity index is 0.00000441. The van der Waals surface area contributed by atoms with Gasteiger partial charge in [-0.15, -0.1) is 0 Å². The van der Waals surface area contributed by atoms with Crippen LogP contribution in [0.3, 0.4) is 0 Å². The van der Waals surface area contributed by atoms with E-state index in [1.807, 2.05) is 0 Å². The maximum atomic E-state index is 5.73. The van der Waals surface area contributed by atoms with Crippen molar-refractivity contribution in [2.45, 2.75) is 78.7 Å². The van der Waals surface area contributed by atoms with Gasteiger partial charge in [0.2, 0.25) is 6.33 Å². The van der Waals surface area contributed by atoms with E-state index in [2.05, 4.69) is 69.4 Å². The Bertz CT molecular complexity index is 366. The topological polar surface area (TPSA) is 57.3 Å². The largest absolute Gasteiger partial charge is 0.870 e. The van der Waals surface area contributed by atoms with Crippen molar-refractivity contribution in [2.75, 3.05) is 13.2 Å². The van der Waals surface area contributed by atoms with Crippen LogP contribution in [0.2, 0.25) is 0 Å². The predicted molar refractivity (Wildman–Crippen MR) is 87.2 cm³/mol. The van der Waals surface area contributed by atoms with E-state index in [1.165, 1.54) is 0 Å². The summed E-state index contributed by atoms with van der Waals surface area (Å²) in [5, 5.41) is 0. The minimum Gasteiger partial charge on any atom is -0.870 e. The second kappa shape index (κ2) is 9.28. The van der Waals surface area contributed by atoms with Gasteiger partial charge in [0.1, 0.15) is 12.4 Å². The first-order chi connectivity index (χ1) is 9.66. The quantitative estimate of drug-likeness (QED) is 0.547. The third-order valence-corrected chi connectivity index (χ3v) is 2.94. The van der Waals surface area contributed by atoms with Crippen LogP contribution in [0.1, 0.15) is 54.4 Å². The van der Waals surface area contributed by atoms with Crippen molar-refractivity contribution in [2.24, 2.45) is 0 Å². The molecule has 1 N–H and O–H groups in total. The lowest BCUT2D eigenvalue weighted by Crippen LogP contribution is -2.32. The zero-order valence-electron chi connectivity index (χ0n) is 15.1. The number of hydrogen-bond donors (Lipinski definition) is 0. The Morgan fingerprint density at radius 1 is 0.909 bits per heavy atom. The van der Waals surface area contributed by atoms with E-state index in [0.717, 1.165) is 39.1 Å². The third-order valence-electron chi connectivity index (χ3n) is 2.94. The summed E-state index contributed by atoms with van der Waals surface area (Å²) in [5.41, 5.74) is -0.0761. The summed E-state index contributed by atoms with van der Waals surface area (Å²) in [7, 11) is 0. The van der Waals surface area contributed by atoms with Crippen molar-refractivity contribution in [3.05, 3.63) is 18.7 Å². The average molecular weight is 314 g/mol. The molecule has 22 heavy (non-hydrogen) atoms. The zero-order chi connectivity index (χ0) is 15.9. The van der Waals surface area contributed by atoms with Gasteiger partial charge in [0, 0.05) is 12.8 Å². The van der Waals surface area contributed by atoms with E-state index in [0.29, 0.717) is 0 Å². The van der Waals surface area contributed by atoms with Crippen LogP contribution in [0.4, 0.5) is 0 Å². The molecule has 0 aliphatic heterocycles. The van der Waals surface area contributed by atoms with Crippen molar-refractivity contribution in [3.8, 4) is 0 Å². The number of aryl methyl sites for hydroxylation is 2. The highest BCUT2D eigenvalue weighted by Gasteiger charge is 2.11. The van der Waals surface area contributed by atoms with Gasteiger partial charge < -0.3 is 14.9 Å². The second-order valence-corrected chi connectivity index (χ2v) is 7.52. The fraction of sp³-hybridized carbons (Fsp3) is 0.824. The molecule has 0 aromatic carbocycles. The lowest BCUT2D eigenvalue weighted by Gasteiger charge is -2.19. The van der Waals surface area contributed by atoms with Crippen molar-refractivity contribution in [3.63, 3.8) is 0 Å². The van der Waals surface area contributed by atoms with Gasteiger partial charge in [-0.25, -0.2) is 9.13 Å². The number of nitrogens with zero attached hydrogens (tertiary/aromatic N) is 2. The number of rotatable bonds is 8. The molecule has 1 aromatic heterocycles. The van der Waals surface area contributed by atoms with Crippen LogP contribution in [-0.4, -0.2) is 34.5 Å². The molecular formula is C17H34N2O3. The highest BCUT2D eigenvalue weighted by molar-refractivity contribution is 4.66. The maximum absolute atomic E-state index is 5.73. The monoisotopic (exact) mass is 314 g/mol. The number of imidazole rings is 1. The normalized spacial score (nSPS) is 12.3. The molecule has 0 saturated carbocycles. The molecule has 1 rings (SSSR count). The molecule has 0 bridgehead atoms. The lowest BCUT2D eigenvalue weighted by atomic mass is 10.2. The molecule has 1 heterocycles. The summed E-state index contributed by atoms with van der Waals surface area (Å²) in [6.45, 7) is 16.2. The minimum atomic E-state index is -0.0380. The smallest absolute Gasteiger partial charge is 0.243 e. The summed E-state index contributed by atoms with van der Waals surface area (Å²) in [5.74, 6) is 0.